The quantitative estimate of drug-likeness (QED) is 0.673. The number of ether oxygens (including phenoxy) is 2. The van der Waals surface area contributed by atoms with Crippen LogP contribution in [0, 0.1) is 0 Å². The van der Waals surface area contributed by atoms with Crippen LogP contribution in [0.3, 0.4) is 0 Å². The highest BCUT2D eigenvalue weighted by Gasteiger charge is 2.29. The van der Waals surface area contributed by atoms with E-state index in [4.69, 9.17) is 9.47 Å². The molecular weight excluding hydrogens is 326 g/mol. The first-order valence-electron chi connectivity index (χ1n) is 8.34. The van der Waals surface area contributed by atoms with Crippen LogP contribution in [-0.2, 0) is 16.0 Å². The van der Waals surface area contributed by atoms with Gasteiger partial charge in [-0.1, -0.05) is 0 Å². The van der Waals surface area contributed by atoms with Crippen LogP contribution >= 0.6 is 0 Å². The Kier molecular flexibility index (Phi) is 4.78. The summed E-state index contributed by atoms with van der Waals surface area (Å²) in [5, 5.41) is 7.41. The highest BCUT2D eigenvalue weighted by atomic mass is 16.5. The van der Waals surface area contributed by atoms with Crippen molar-refractivity contribution in [2.75, 3.05) is 11.9 Å². The normalized spacial score (nSPS) is 21.2. The SMILES string of the molecule is CCOc1cc2c(cc1NC(=O)CC[C@@H]1NC(=O)NC1=O)O[C@@H](C)C2. The first kappa shape index (κ1) is 17.1. The van der Waals surface area contributed by atoms with Gasteiger partial charge in [0, 0.05) is 24.5 Å². The van der Waals surface area contributed by atoms with Crippen LogP contribution in [0.1, 0.15) is 32.3 Å². The molecule has 0 saturated carbocycles. The van der Waals surface area contributed by atoms with Crippen LogP contribution in [-0.4, -0.2) is 36.6 Å². The van der Waals surface area contributed by atoms with E-state index in [1.807, 2.05) is 19.9 Å². The Morgan fingerprint density at radius 2 is 2.20 bits per heavy atom. The lowest BCUT2D eigenvalue weighted by Gasteiger charge is -2.14. The summed E-state index contributed by atoms with van der Waals surface area (Å²) in [6.07, 6.45) is 1.23. The Hall–Kier alpha value is -2.77. The van der Waals surface area contributed by atoms with Gasteiger partial charge in [0.15, 0.2) is 0 Å². The van der Waals surface area contributed by atoms with E-state index in [9.17, 15) is 14.4 Å². The van der Waals surface area contributed by atoms with E-state index in [1.165, 1.54) is 0 Å². The average molecular weight is 347 g/mol. The highest BCUT2D eigenvalue weighted by molar-refractivity contribution is 6.04. The number of amides is 4. The zero-order valence-corrected chi connectivity index (χ0v) is 14.2. The summed E-state index contributed by atoms with van der Waals surface area (Å²) in [7, 11) is 0. The van der Waals surface area contributed by atoms with Crippen molar-refractivity contribution in [3.05, 3.63) is 17.7 Å². The van der Waals surface area contributed by atoms with Crippen LogP contribution in [0.5, 0.6) is 11.5 Å². The van der Waals surface area contributed by atoms with Gasteiger partial charge in [-0.05, 0) is 26.3 Å². The van der Waals surface area contributed by atoms with Crippen molar-refractivity contribution < 1.29 is 23.9 Å². The Morgan fingerprint density at radius 3 is 2.88 bits per heavy atom. The van der Waals surface area contributed by atoms with Gasteiger partial charge >= 0.3 is 6.03 Å². The largest absolute Gasteiger partial charge is 0.492 e. The lowest BCUT2D eigenvalue weighted by atomic mass is 10.1. The van der Waals surface area contributed by atoms with E-state index >= 15 is 0 Å². The van der Waals surface area contributed by atoms with Gasteiger partial charge in [0.1, 0.15) is 23.6 Å². The number of rotatable bonds is 6. The minimum atomic E-state index is -0.672. The number of anilines is 1. The fourth-order valence-electron chi connectivity index (χ4n) is 2.96. The number of benzene rings is 1. The molecule has 0 aromatic heterocycles. The first-order valence-corrected chi connectivity index (χ1v) is 8.34. The molecule has 8 heteroatoms. The number of nitrogens with one attached hydrogen (secondary N) is 3. The average Bonchev–Trinajstić information content (AvgIpc) is 3.06. The second-order valence-electron chi connectivity index (χ2n) is 6.12. The van der Waals surface area contributed by atoms with E-state index in [0.717, 1.165) is 17.7 Å². The van der Waals surface area contributed by atoms with Crippen LogP contribution in [0.15, 0.2) is 12.1 Å². The lowest BCUT2D eigenvalue weighted by molar-refractivity contribution is -0.120. The van der Waals surface area contributed by atoms with Crippen molar-refractivity contribution in [2.45, 2.75) is 45.3 Å². The van der Waals surface area contributed by atoms with Gasteiger partial charge in [-0.3, -0.25) is 14.9 Å². The van der Waals surface area contributed by atoms with E-state index in [2.05, 4.69) is 16.0 Å². The van der Waals surface area contributed by atoms with Crippen LogP contribution in [0.25, 0.3) is 0 Å². The van der Waals surface area contributed by atoms with Gasteiger partial charge in [-0.25, -0.2) is 4.79 Å². The van der Waals surface area contributed by atoms with Gasteiger partial charge in [0.05, 0.1) is 12.3 Å². The van der Waals surface area contributed by atoms with E-state index in [1.54, 1.807) is 6.07 Å². The second-order valence-corrected chi connectivity index (χ2v) is 6.12. The molecule has 3 N–H and O–H groups in total. The summed E-state index contributed by atoms with van der Waals surface area (Å²) in [4.78, 5) is 34.8. The number of imide groups is 1. The van der Waals surface area contributed by atoms with E-state index in [0.29, 0.717) is 18.0 Å². The molecule has 4 amide bonds. The minimum Gasteiger partial charge on any atom is -0.492 e. The monoisotopic (exact) mass is 347 g/mol. The molecule has 0 bridgehead atoms. The molecule has 1 aromatic rings. The maximum atomic E-state index is 12.2. The van der Waals surface area contributed by atoms with Crippen molar-refractivity contribution in [3.63, 3.8) is 0 Å². The predicted molar refractivity (Wildman–Crippen MR) is 89.7 cm³/mol. The summed E-state index contributed by atoms with van der Waals surface area (Å²) < 4.78 is 11.3. The van der Waals surface area contributed by atoms with Gasteiger partial charge < -0.3 is 20.1 Å². The third-order valence-corrected chi connectivity index (χ3v) is 4.09. The number of hydrogen-bond acceptors (Lipinski definition) is 5. The molecule has 2 aliphatic rings. The van der Waals surface area contributed by atoms with Gasteiger partial charge in [-0.15, -0.1) is 0 Å². The van der Waals surface area contributed by atoms with Crippen LogP contribution < -0.4 is 25.4 Å². The molecule has 8 nitrogen and oxygen atoms in total. The summed E-state index contributed by atoms with van der Waals surface area (Å²) >= 11 is 0. The maximum absolute atomic E-state index is 12.2. The highest BCUT2D eigenvalue weighted by Crippen LogP contribution is 2.38. The lowest BCUT2D eigenvalue weighted by Crippen LogP contribution is -2.30. The summed E-state index contributed by atoms with van der Waals surface area (Å²) in [5.74, 6) is 0.668. The van der Waals surface area contributed by atoms with Crippen molar-refractivity contribution in [3.8, 4) is 11.5 Å². The molecule has 0 spiro atoms. The summed E-state index contributed by atoms with van der Waals surface area (Å²) in [6, 6.07) is 2.46. The molecule has 0 aliphatic carbocycles. The topological polar surface area (TPSA) is 106 Å². The van der Waals surface area contributed by atoms with Crippen molar-refractivity contribution >= 4 is 23.5 Å². The summed E-state index contributed by atoms with van der Waals surface area (Å²) in [6.45, 7) is 4.34. The molecule has 3 rings (SSSR count). The first-order chi connectivity index (χ1) is 12.0. The number of carbonyl (C=O) groups is 3. The molecule has 2 aliphatic heterocycles. The van der Waals surface area contributed by atoms with Crippen molar-refractivity contribution in [1.82, 2.24) is 10.6 Å². The molecule has 2 heterocycles. The maximum Gasteiger partial charge on any atom is 0.322 e. The van der Waals surface area contributed by atoms with Gasteiger partial charge in [-0.2, -0.15) is 0 Å². The fraction of sp³-hybridized carbons (Fsp3) is 0.471. The molecule has 0 unspecified atom stereocenters. The zero-order chi connectivity index (χ0) is 18.0. The number of fused-ring (bicyclic) bond motifs is 1. The Labute approximate surface area is 145 Å². The van der Waals surface area contributed by atoms with Crippen LogP contribution in [0.2, 0.25) is 0 Å². The third-order valence-electron chi connectivity index (χ3n) is 4.09. The second kappa shape index (κ2) is 7.00. The molecule has 25 heavy (non-hydrogen) atoms. The van der Waals surface area contributed by atoms with Crippen molar-refractivity contribution in [1.29, 1.82) is 0 Å². The molecule has 134 valence electrons. The molecule has 1 saturated heterocycles. The zero-order valence-electron chi connectivity index (χ0n) is 14.2. The fourth-order valence-corrected chi connectivity index (χ4v) is 2.96. The standard InChI is InChI=1S/C17H21N3O5/c1-3-24-14-7-10-6-9(2)25-13(10)8-12(14)18-15(21)5-4-11-16(22)20-17(23)19-11/h7-9,11H,3-6H2,1-2H3,(H,18,21)(H2,19,20,22,23)/t9-,11-/m0/s1. The summed E-state index contributed by atoms with van der Waals surface area (Å²) in [5.41, 5.74) is 1.60. The Morgan fingerprint density at radius 1 is 1.40 bits per heavy atom. The predicted octanol–water partition coefficient (Wildman–Crippen LogP) is 1.34. The molecule has 1 fully saturated rings. The number of carbonyl (C=O) groups excluding carboxylic acids is 3. The van der Waals surface area contributed by atoms with Crippen molar-refractivity contribution in [2.24, 2.45) is 0 Å². The van der Waals surface area contributed by atoms with Crippen LogP contribution in [0.4, 0.5) is 10.5 Å². The Bertz CT molecular complexity index is 718. The molecule has 0 radical (unpaired) electrons. The Balaban J connectivity index is 1.65. The van der Waals surface area contributed by atoms with E-state index < -0.39 is 18.0 Å². The minimum absolute atomic E-state index is 0.0955. The number of hydrogen-bond donors (Lipinski definition) is 3. The van der Waals surface area contributed by atoms with E-state index in [-0.39, 0.29) is 24.9 Å². The van der Waals surface area contributed by atoms with Gasteiger partial charge in [0.2, 0.25) is 5.91 Å². The smallest absolute Gasteiger partial charge is 0.322 e. The number of urea groups is 1. The third kappa shape index (κ3) is 3.84. The van der Waals surface area contributed by atoms with Gasteiger partial charge in [0.25, 0.3) is 5.91 Å². The molecule has 1 aromatic carbocycles. The molecule has 2 atom stereocenters. The molecular formula is C17H21N3O5.